The minimum Gasteiger partial charge on any atom is -0.497 e. The first-order chi connectivity index (χ1) is 19.6. The van der Waals surface area contributed by atoms with Crippen molar-refractivity contribution >= 4 is 39.4 Å². The number of benzene rings is 2. The average Bonchev–Trinajstić information content (AvgIpc) is 3.40. The van der Waals surface area contributed by atoms with Crippen LogP contribution < -0.4 is 10.1 Å². The standard InChI is InChI=1S/C30H32ClN7O2/c1-20(26-16-22-4-3-5-24(31)27(22)25(36-26)10-11-37-12-14-40-15-13-37)35-29-28-30(33-18-32-29)38(19-34-28)17-21-6-8-23(39-2)9-7-21/h3-9,16,18-20H,10-15,17H2,1-2H3,(H,32,33,35). The quantitative estimate of drug-likeness (QED) is 0.267. The summed E-state index contributed by atoms with van der Waals surface area (Å²) in [4.78, 5) is 21.2. The number of ether oxygens (including phenoxy) is 2. The normalized spacial score (nSPS) is 15.0. The lowest BCUT2D eigenvalue weighted by molar-refractivity contribution is 0.0384. The second kappa shape index (κ2) is 11.8. The van der Waals surface area contributed by atoms with Crippen molar-refractivity contribution in [2.45, 2.75) is 25.9 Å². The van der Waals surface area contributed by atoms with Crippen molar-refractivity contribution in [3.8, 4) is 5.75 Å². The van der Waals surface area contributed by atoms with Gasteiger partial charge in [-0.25, -0.2) is 15.0 Å². The molecule has 40 heavy (non-hydrogen) atoms. The number of hydrogen-bond acceptors (Lipinski definition) is 8. The second-order valence-electron chi connectivity index (χ2n) is 10.0. The van der Waals surface area contributed by atoms with Gasteiger partial charge < -0.3 is 19.4 Å². The van der Waals surface area contributed by atoms with Gasteiger partial charge in [-0.3, -0.25) is 9.88 Å². The summed E-state index contributed by atoms with van der Waals surface area (Å²) in [7, 11) is 1.67. The number of aromatic nitrogens is 5. The number of morpholine rings is 1. The molecular weight excluding hydrogens is 526 g/mol. The zero-order valence-corrected chi connectivity index (χ0v) is 23.4. The molecule has 1 aliphatic rings. The highest BCUT2D eigenvalue weighted by molar-refractivity contribution is 6.35. The number of imidazole rings is 1. The van der Waals surface area contributed by atoms with Gasteiger partial charge >= 0.3 is 0 Å². The fourth-order valence-corrected chi connectivity index (χ4v) is 5.46. The summed E-state index contributed by atoms with van der Waals surface area (Å²) in [5, 5.41) is 6.38. The molecule has 206 valence electrons. The summed E-state index contributed by atoms with van der Waals surface area (Å²) >= 11 is 6.66. The molecule has 2 aromatic carbocycles. The minimum absolute atomic E-state index is 0.115. The maximum Gasteiger partial charge on any atom is 0.165 e. The highest BCUT2D eigenvalue weighted by Gasteiger charge is 2.18. The largest absolute Gasteiger partial charge is 0.497 e. The van der Waals surface area contributed by atoms with Gasteiger partial charge in [0.05, 0.1) is 55.6 Å². The molecule has 10 heteroatoms. The van der Waals surface area contributed by atoms with E-state index in [4.69, 9.17) is 26.1 Å². The van der Waals surface area contributed by atoms with E-state index in [0.717, 1.165) is 88.9 Å². The molecule has 1 aliphatic heterocycles. The zero-order valence-electron chi connectivity index (χ0n) is 22.7. The van der Waals surface area contributed by atoms with Crippen molar-refractivity contribution in [1.82, 2.24) is 29.4 Å². The zero-order chi connectivity index (χ0) is 27.5. The van der Waals surface area contributed by atoms with Crippen LogP contribution in [0.25, 0.3) is 21.9 Å². The summed E-state index contributed by atoms with van der Waals surface area (Å²) in [6.07, 6.45) is 4.19. The lowest BCUT2D eigenvalue weighted by atomic mass is 10.0. The topological polar surface area (TPSA) is 90.2 Å². The third kappa shape index (κ3) is 5.58. The number of nitrogens with one attached hydrogen (secondary N) is 1. The summed E-state index contributed by atoms with van der Waals surface area (Å²) < 4.78 is 12.8. The maximum atomic E-state index is 6.66. The fraction of sp³-hybridized carbons (Fsp3) is 0.333. The van der Waals surface area contributed by atoms with Gasteiger partial charge in [-0.05, 0) is 42.1 Å². The van der Waals surface area contributed by atoms with Crippen LogP contribution in [0.15, 0.2) is 61.2 Å². The Bertz CT molecular complexity index is 1620. The lowest BCUT2D eigenvalue weighted by Gasteiger charge is -2.26. The van der Waals surface area contributed by atoms with Crippen molar-refractivity contribution < 1.29 is 9.47 Å². The first-order valence-electron chi connectivity index (χ1n) is 13.5. The minimum atomic E-state index is -0.115. The third-order valence-electron chi connectivity index (χ3n) is 7.38. The molecule has 4 heterocycles. The third-order valence-corrected chi connectivity index (χ3v) is 7.70. The van der Waals surface area contributed by atoms with Crippen LogP contribution in [-0.4, -0.2) is 69.4 Å². The van der Waals surface area contributed by atoms with Crippen LogP contribution in [0.3, 0.4) is 0 Å². The Labute approximate surface area is 238 Å². The van der Waals surface area contributed by atoms with Crippen LogP contribution in [0.5, 0.6) is 5.75 Å². The lowest BCUT2D eigenvalue weighted by Crippen LogP contribution is -2.37. The number of hydrogen-bond donors (Lipinski definition) is 1. The molecule has 1 N–H and O–H groups in total. The van der Waals surface area contributed by atoms with Gasteiger partial charge in [0.2, 0.25) is 0 Å². The maximum absolute atomic E-state index is 6.66. The van der Waals surface area contributed by atoms with Crippen molar-refractivity contribution in [3.63, 3.8) is 0 Å². The van der Waals surface area contributed by atoms with E-state index in [0.29, 0.717) is 12.4 Å². The molecule has 1 saturated heterocycles. The SMILES string of the molecule is COc1ccc(Cn2cnc3c(NC(C)c4cc5cccc(Cl)c5c(CCN5CCOCC5)n4)ncnc32)cc1. The van der Waals surface area contributed by atoms with E-state index in [9.17, 15) is 0 Å². The van der Waals surface area contributed by atoms with Crippen LogP contribution >= 0.6 is 11.6 Å². The first kappa shape index (κ1) is 26.4. The molecule has 1 fully saturated rings. The van der Waals surface area contributed by atoms with Crippen LogP contribution in [0.1, 0.15) is 29.9 Å². The number of methoxy groups -OCH3 is 1. The van der Waals surface area contributed by atoms with Gasteiger partial charge in [-0.15, -0.1) is 0 Å². The Morgan fingerprint density at radius 3 is 2.70 bits per heavy atom. The smallest absolute Gasteiger partial charge is 0.165 e. The summed E-state index contributed by atoms with van der Waals surface area (Å²) in [6, 6.07) is 16.0. The Morgan fingerprint density at radius 1 is 1.07 bits per heavy atom. The van der Waals surface area contributed by atoms with Gasteiger partial charge in [0.1, 0.15) is 17.6 Å². The van der Waals surface area contributed by atoms with Gasteiger partial charge in [0, 0.05) is 31.4 Å². The molecule has 0 radical (unpaired) electrons. The number of anilines is 1. The van der Waals surface area contributed by atoms with Crippen LogP contribution in [0, 0.1) is 0 Å². The van der Waals surface area contributed by atoms with Gasteiger partial charge in [-0.1, -0.05) is 35.9 Å². The highest BCUT2D eigenvalue weighted by Crippen LogP contribution is 2.30. The van der Waals surface area contributed by atoms with Gasteiger partial charge in [0.25, 0.3) is 0 Å². The van der Waals surface area contributed by atoms with E-state index in [1.165, 1.54) is 0 Å². The molecular formula is C30H32ClN7O2. The molecule has 1 atom stereocenters. The van der Waals surface area contributed by atoms with Gasteiger partial charge in [-0.2, -0.15) is 0 Å². The predicted molar refractivity (Wildman–Crippen MR) is 157 cm³/mol. The fourth-order valence-electron chi connectivity index (χ4n) is 5.17. The molecule has 0 amide bonds. The second-order valence-corrected chi connectivity index (χ2v) is 10.4. The Balaban J connectivity index is 1.25. The van der Waals surface area contributed by atoms with Crippen molar-refractivity contribution in [2.24, 2.45) is 0 Å². The summed E-state index contributed by atoms with van der Waals surface area (Å²) in [5.41, 5.74) is 4.56. The molecule has 0 saturated carbocycles. The van der Waals surface area contributed by atoms with Crippen molar-refractivity contribution in [1.29, 1.82) is 0 Å². The number of fused-ring (bicyclic) bond motifs is 2. The summed E-state index contributed by atoms with van der Waals surface area (Å²) in [6.45, 7) is 7.09. The number of rotatable bonds is 9. The molecule has 0 aliphatic carbocycles. The molecule has 5 aromatic rings. The van der Waals surface area contributed by atoms with E-state index in [2.05, 4.69) is 44.2 Å². The van der Waals surface area contributed by atoms with Crippen molar-refractivity contribution in [2.75, 3.05) is 45.3 Å². The summed E-state index contributed by atoms with van der Waals surface area (Å²) in [5.74, 6) is 1.50. The molecule has 1 unspecified atom stereocenters. The van der Waals surface area contributed by atoms with E-state index in [1.54, 1.807) is 19.8 Å². The first-order valence-corrected chi connectivity index (χ1v) is 13.9. The molecule has 9 nitrogen and oxygen atoms in total. The van der Waals surface area contributed by atoms with Crippen LogP contribution in [0.4, 0.5) is 5.82 Å². The van der Waals surface area contributed by atoms with Crippen molar-refractivity contribution in [3.05, 3.63) is 83.2 Å². The van der Waals surface area contributed by atoms with E-state index >= 15 is 0 Å². The molecule has 3 aromatic heterocycles. The monoisotopic (exact) mass is 557 g/mol. The van der Waals surface area contributed by atoms with Crippen LogP contribution in [-0.2, 0) is 17.7 Å². The predicted octanol–water partition coefficient (Wildman–Crippen LogP) is 5.13. The Hall–Kier alpha value is -3.79. The highest BCUT2D eigenvalue weighted by atomic mass is 35.5. The van der Waals surface area contributed by atoms with Crippen LogP contribution in [0.2, 0.25) is 5.02 Å². The number of pyridine rings is 1. The van der Waals surface area contributed by atoms with E-state index < -0.39 is 0 Å². The number of halogens is 1. The Kier molecular flexibility index (Phi) is 7.77. The van der Waals surface area contributed by atoms with E-state index in [1.807, 2.05) is 41.0 Å². The molecule has 0 bridgehead atoms. The Morgan fingerprint density at radius 2 is 1.90 bits per heavy atom. The molecule has 0 spiro atoms. The van der Waals surface area contributed by atoms with E-state index in [-0.39, 0.29) is 6.04 Å². The van der Waals surface area contributed by atoms with Gasteiger partial charge in [0.15, 0.2) is 11.5 Å². The number of nitrogens with zero attached hydrogens (tertiary/aromatic N) is 6. The average molecular weight is 558 g/mol. The molecule has 6 rings (SSSR count).